The van der Waals surface area contributed by atoms with Crippen molar-refractivity contribution < 1.29 is 17.6 Å². The minimum Gasteiger partial charge on any atom is -0.438 e. The summed E-state index contributed by atoms with van der Waals surface area (Å²) in [5, 5.41) is 3.45. The number of piperazine rings is 1. The van der Waals surface area contributed by atoms with Gasteiger partial charge in [-0.1, -0.05) is 19.1 Å². The molecule has 2 aromatic rings. The van der Waals surface area contributed by atoms with Crippen LogP contribution in [0.25, 0.3) is 0 Å². The molecule has 1 aliphatic rings. The van der Waals surface area contributed by atoms with E-state index in [4.69, 9.17) is 22.4 Å². The number of nitrogens with one attached hydrogen (secondary N) is 1. The van der Waals surface area contributed by atoms with Gasteiger partial charge in [0, 0.05) is 31.9 Å². The van der Waals surface area contributed by atoms with Gasteiger partial charge in [0.05, 0.1) is 0 Å². The van der Waals surface area contributed by atoms with Gasteiger partial charge in [0.15, 0.2) is 10.9 Å². The number of furan rings is 1. The minimum atomic E-state index is -3.82. The van der Waals surface area contributed by atoms with Crippen molar-refractivity contribution in [1.82, 2.24) is 9.21 Å². The van der Waals surface area contributed by atoms with Crippen LogP contribution in [0.3, 0.4) is 0 Å². The number of rotatable bonds is 5. The van der Waals surface area contributed by atoms with Crippen LogP contribution in [0.2, 0.25) is 0 Å². The van der Waals surface area contributed by atoms with Gasteiger partial charge in [-0.2, -0.15) is 4.31 Å². The Balaban J connectivity index is 1.59. The van der Waals surface area contributed by atoms with Crippen LogP contribution in [0, 0.1) is 0 Å². The van der Waals surface area contributed by atoms with E-state index in [2.05, 4.69) is 12.2 Å². The maximum atomic E-state index is 12.7. The molecule has 2 heterocycles. The van der Waals surface area contributed by atoms with E-state index in [-0.39, 0.29) is 23.9 Å². The van der Waals surface area contributed by atoms with E-state index < -0.39 is 15.9 Å². The molecule has 0 atom stereocenters. The molecule has 150 valence electrons. The highest BCUT2D eigenvalue weighted by Gasteiger charge is 2.32. The van der Waals surface area contributed by atoms with Crippen LogP contribution in [0.15, 0.2) is 45.9 Å². The molecular formula is C18H22N4O4S2. The number of primary amides is 1. The molecule has 1 fully saturated rings. The van der Waals surface area contributed by atoms with Crippen molar-refractivity contribution in [2.24, 2.45) is 5.73 Å². The van der Waals surface area contributed by atoms with Gasteiger partial charge in [0.2, 0.25) is 5.09 Å². The third-order valence-corrected chi connectivity index (χ3v) is 6.69. The Morgan fingerprint density at radius 3 is 2.32 bits per heavy atom. The van der Waals surface area contributed by atoms with Crippen molar-refractivity contribution in [3.05, 3.63) is 47.7 Å². The maximum Gasteiger partial charge on any atom is 0.284 e. The smallest absolute Gasteiger partial charge is 0.284 e. The zero-order valence-electron chi connectivity index (χ0n) is 15.4. The highest BCUT2D eigenvalue weighted by atomic mass is 32.2. The largest absolute Gasteiger partial charge is 0.438 e. The molecule has 3 rings (SSSR count). The first-order valence-electron chi connectivity index (χ1n) is 8.86. The topological polar surface area (TPSA) is 109 Å². The number of nitrogens with zero attached hydrogens (tertiary/aromatic N) is 2. The first kappa shape index (κ1) is 20.3. The summed E-state index contributed by atoms with van der Waals surface area (Å²) >= 11 is 5.45. The Morgan fingerprint density at radius 2 is 1.79 bits per heavy atom. The Morgan fingerprint density at radius 1 is 1.14 bits per heavy atom. The molecule has 0 radical (unpaired) electrons. The van der Waals surface area contributed by atoms with E-state index in [1.165, 1.54) is 22.0 Å². The number of hydrogen-bond acceptors (Lipinski definition) is 5. The van der Waals surface area contributed by atoms with Crippen molar-refractivity contribution in [1.29, 1.82) is 0 Å². The molecule has 3 N–H and O–H groups in total. The van der Waals surface area contributed by atoms with Gasteiger partial charge in [0.1, 0.15) is 0 Å². The number of carbonyl (C=O) groups excluding carboxylic acids is 1. The Labute approximate surface area is 169 Å². The zero-order valence-corrected chi connectivity index (χ0v) is 17.1. The summed E-state index contributed by atoms with van der Waals surface area (Å²) in [4.78, 5) is 13.0. The molecule has 0 bridgehead atoms. The average Bonchev–Trinajstić information content (AvgIpc) is 3.20. The van der Waals surface area contributed by atoms with E-state index in [0.29, 0.717) is 18.2 Å². The second-order valence-electron chi connectivity index (χ2n) is 6.35. The van der Waals surface area contributed by atoms with Crippen molar-refractivity contribution in [3.8, 4) is 0 Å². The van der Waals surface area contributed by atoms with Crippen molar-refractivity contribution in [2.45, 2.75) is 18.4 Å². The number of anilines is 1. The van der Waals surface area contributed by atoms with Gasteiger partial charge >= 0.3 is 0 Å². The number of nitrogens with two attached hydrogens (primary N) is 1. The van der Waals surface area contributed by atoms with E-state index in [1.54, 1.807) is 0 Å². The number of benzene rings is 1. The molecule has 1 aliphatic heterocycles. The van der Waals surface area contributed by atoms with Gasteiger partial charge in [-0.25, -0.2) is 8.42 Å². The van der Waals surface area contributed by atoms with Gasteiger partial charge in [-0.3, -0.25) is 4.79 Å². The third-order valence-electron chi connectivity index (χ3n) is 4.56. The van der Waals surface area contributed by atoms with E-state index in [0.717, 1.165) is 12.1 Å². The summed E-state index contributed by atoms with van der Waals surface area (Å²) in [5.41, 5.74) is 7.25. The molecular weight excluding hydrogens is 400 g/mol. The lowest BCUT2D eigenvalue weighted by Gasteiger charge is -2.35. The second kappa shape index (κ2) is 8.29. The lowest BCUT2D eigenvalue weighted by atomic mass is 10.1. The predicted octanol–water partition coefficient (Wildman–Crippen LogP) is 1.64. The van der Waals surface area contributed by atoms with Gasteiger partial charge in [-0.05, 0) is 48.5 Å². The monoisotopic (exact) mass is 422 g/mol. The number of aryl methyl sites for hydroxylation is 1. The summed E-state index contributed by atoms with van der Waals surface area (Å²) in [7, 11) is -3.82. The summed E-state index contributed by atoms with van der Waals surface area (Å²) in [5.74, 6) is -0.994. The minimum absolute atomic E-state index is 0.184. The predicted molar refractivity (Wildman–Crippen MR) is 110 cm³/mol. The highest BCUT2D eigenvalue weighted by molar-refractivity contribution is 7.89. The fourth-order valence-corrected chi connectivity index (χ4v) is 4.51. The highest BCUT2D eigenvalue weighted by Crippen LogP contribution is 2.20. The van der Waals surface area contributed by atoms with Gasteiger partial charge < -0.3 is 20.4 Å². The molecule has 28 heavy (non-hydrogen) atoms. The summed E-state index contributed by atoms with van der Waals surface area (Å²) in [6.07, 6.45) is 0.970. The molecule has 10 heteroatoms. The van der Waals surface area contributed by atoms with Crippen molar-refractivity contribution >= 4 is 38.9 Å². The van der Waals surface area contributed by atoms with Crippen molar-refractivity contribution in [2.75, 3.05) is 31.5 Å². The van der Waals surface area contributed by atoms with Crippen molar-refractivity contribution in [3.63, 3.8) is 0 Å². The first-order chi connectivity index (χ1) is 13.3. The third kappa shape index (κ3) is 4.34. The molecule has 1 saturated heterocycles. The molecule has 1 amide bonds. The quantitative estimate of drug-likeness (QED) is 0.705. The fraction of sp³-hybridized carbons (Fsp3) is 0.333. The zero-order chi connectivity index (χ0) is 20.3. The SMILES string of the molecule is CCc1ccc(NC(=S)N2CCN(S(=O)(=O)c3ccc(C(N)=O)o3)CC2)cc1. The van der Waals surface area contributed by atoms with Crippen LogP contribution in [0.1, 0.15) is 23.0 Å². The normalized spacial score (nSPS) is 15.4. The Hall–Kier alpha value is -2.43. The number of sulfonamides is 1. The first-order valence-corrected chi connectivity index (χ1v) is 10.7. The summed E-state index contributed by atoms with van der Waals surface area (Å²) in [6, 6.07) is 10.5. The second-order valence-corrected chi connectivity index (χ2v) is 8.61. The fourth-order valence-electron chi connectivity index (χ4n) is 2.88. The molecule has 1 aromatic carbocycles. The summed E-state index contributed by atoms with van der Waals surface area (Å²) in [6.45, 7) is 3.50. The molecule has 8 nitrogen and oxygen atoms in total. The average molecular weight is 423 g/mol. The molecule has 0 spiro atoms. The van der Waals surface area contributed by atoms with E-state index in [9.17, 15) is 13.2 Å². The van der Waals surface area contributed by atoms with Crippen LogP contribution in [-0.4, -0.2) is 54.8 Å². The number of carbonyl (C=O) groups is 1. The molecule has 0 saturated carbocycles. The standard InChI is InChI=1S/C18H22N4O4S2/c1-2-13-3-5-14(6-4-13)20-18(27)21-9-11-22(12-10-21)28(24,25)16-8-7-15(26-16)17(19)23/h3-8H,2,9-12H2,1H3,(H2,19,23)(H,20,27). The lowest BCUT2D eigenvalue weighted by Crippen LogP contribution is -2.51. The Bertz CT molecular complexity index is 962. The number of hydrogen-bond donors (Lipinski definition) is 2. The summed E-state index contributed by atoms with van der Waals surface area (Å²) < 4.78 is 31.7. The van der Waals surface area contributed by atoms with Gasteiger partial charge in [0.25, 0.3) is 15.9 Å². The molecule has 0 aliphatic carbocycles. The molecule has 0 unspecified atom stereocenters. The van der Waals surface area contributed by atoms with Crippen LogP contribution in [0.4, 0.5) is 5.69 Å². The van der Waals surface area contributed by atoms with Crippen LogP contribution < -0.4 is 11.1 Å². The van der Waals surface area contributed by atoms with Crippen LogP contribution in [0.5, 0.6) is 0 Å². The lowest BCUT2D eigenvalue weighted by molar-refractivity contribution is 0.0968. The molecule has 1 aromatic heterocycles. The number of amides is 1. The van der Waals surface area contributed by atoms with Crippen LogP contribution in [-0.2, 0) is 16.4 Å². The Kier molecular flexibility index (Phi) is 6.01. The van der Waals surface area contributed by atoms with Crippen LogP contribution >= 0.6 is 12.2 Å². The maximum absolute atomic E-state index is 12.7. The van der Waals surface area contributed by atoms with Gasteiger partial charge in [-0.15, -0.1) is 0 Å². The number of thiocarbonyl (C=S) groups is 1. The van der Waals surface area contributed by atoms with E-state index >= 15 is 0 Å². The van der Waals surface area contributed by atoms with E-state index in [1.807, 2.05) is 29.2 Å².